The van der Waals surface area contributed by atoms with Crippen LogP contribution in [0.3, 0.4) is 0 Å². The third-order valence-corrected chi connectivity index (χ3v) is 7.70. The highest BCUT2D eigenvalue weighted by atomic mass is 32.2. The van der Waals surface area contributed by atoms with Crippen molar-refractivity contribution < 1.29 is 13.2 Å². The minimum absolute atomic E-state index is 0.142. The van der Waals surface area contributed by atoms with E-state index in [4.69, 9.17) is 4.74 Å². The fourth-order valence-electron chi connectivity index (χ4n) is 3.45. The van der Waals surface area contributed by atoms with Gasteiger partial charge in [-0.25, -0.2) is 8.42 Å². The maximum atomic E-state index is 12.6. The Morgan fingerprint density at radius 1 is 1.19 bits per heavy atom. The topological polar surface area (TPSA) is 46.6 Å². The van der Waals surface area contributed by atoms with E-state index in [2.05, 4.69) is 11.4 Å². The Kier molecular flexibility index (Phi) is 6.73. The Hall–Kier alpha value is -1.37. The first-order valence-corrected chi connectivity index (χ1v) is 11.8. The molecule has 1 saturated carbocycles. The number of benzene rings is 1. The number of hydrogen-bond donors (Lipinski definition) is 0. The lowest BCUT2D eigenvalue weighted by atomic mass is 10.2. The largest absolute Gasteiger partial charge is 0.493 e. The van der Waals surface area contributed by atoms with E-state index in [1.54, 1.807) is 22.6 Å². The van der Waals surface area contributed by atoms with Crippen LogP contribution in [-0.4, -0.2) is 31.1 Å². The zero-order chi connectivity index (χ0) is 18.4. The molecule has 0 bridgehead atoms. The molecule has 4 nitrogen and oxygen atoms in total. The van der Waals surface area contributed by atoms with Crippen LogP contribution in [0.5, 0.6) is 5.75 Å². The van der Waals surface area contributed by atoms with E-state index in [1.807, 2.05) is 30.3 Å². The Bertz CT molecular complexity index is 781. The molecule has 0 radical (unpaired) electrons. The second-order valence-electron chi connectivity index (χ2n) is 6.71. The van der Waals surface area contributed by atoms with Crippen molar-refractivity contribution in [2.75, 3.05) is 12.4 Å². The van der Waals surface area contributed by atoms with Gasteiger partial charge in [0.15, 0.2) is 0 Å². The number of nitrogens with zero attached hydrogens (tertiary/aromatic N) is 1. The summed E-state index contributed by atoms with van der Waals surface area (Å²) in [6.45, 7) is 2.79. The van der Waals surface area contributed by atoms with Gasteiger partial charge in [0, 0.05) is 23.9 Å². The smallest absolute Gasteiger partial charge is 0.214 e. The van der Waals surface area contributed by atoms with Crippen LogP contribution < -0.4 is 4.74 Å². The van der Waals surface area contributed by atoms with Gasteiger partial charge < -0.3 is 4.74 Å². The van der Waals surface area contributed by atoms with E-state index in [0.29, 0.717) is 13.2 Å². The molecule has 3 rings (SSSR count). The summed E-state index contributed by atoms with van der Waals surface area (Å²) in [6, 6.07) is 12.1. The molecule has 26 heavy (non-hydrogen) atoms. The summed E-state index contributed by atoms with van der Waals surface area (Å²) in [5.41, 5.74) is 0.988. The van der Waals surface area contributed by atoms with Crippen molar-refractivity contribution in [3.05, 3.63) is 52.2 Å². The maximum Gasteiger partial charge on any atom is 0.214 e. The van der Waals surface area contributed by atoms with Crippen LogP contribution in [0.4, 0.5) is 0 Å². The molecule has 0 atom stereocenters. The van der Waals surface area contributed by atoms with E-state index < -0.39 is 10.0 Å². The molecule has 0 aliphatic heterocycles. The summed E-state index contributed by atoms with van der Waals surface area (Å²) >= 11 is 1.74. The number of ether oxygens (including phenoxy) is 1. The molecule has 1 fully saturated rings. The first kappa shape index (κ1) is 19.4. The van der Waals surface area contributed by atoms with Crippen molar-refractivity contribution in [3.63, 3.8) is 0 Å². The molecule has 1 aliphatic rings. The van der Waals surface area contributed by atoms with E-state index in [-0.39, 0.29) is 11.8 Å². The molecule has 0 amide bonds. The molecule has 0 spiro atoms. The van der Waals surface area contributed by atoms with Gasteiger partial charge in [0.05, 0.1) is 12.4 Å². The Labute approximate surface area is 160 Å². The van der Waals surface area contributed by atoms with Crippen molar-refractivity contribution in [2.24, 2.45) is 0 Å². The fourth-order valence-corrected chi connectivity index (χ4v) is 5.48. The van der Waals surface area contributed by atoms with Crippen LogP contribution in [0.25, 0.3) is 0 Å². The molecule has 0 unspecified atom stereocenters. The minimum atomic E-state index is -3.21. The molecule has 6 heteroatoms. The summed E-state index contributed by atoms with van der Waals surface area (Å²) in [5.74, 6) is 0.958. The second kappa shape index (κ2) is 9.02. The van der Waals surface area contributed by atoms with E-state index in [1.165, 1.54) is 4.88 Å². The molecule has 1 aliphatic carbocycles. The quantitative estimate of drug-likeness (QED) is 0.632. The van der Waals surface area contributed by atoms with Crippen molar-refractivity contribution in [1.82, 2.24) is 4.31 Å². The number of hydrogen-bond acceptors (Lipinski definition) is 4. The van der Waals surface area contributed by atoms with Gasteiger partial charge in [-0.05, 0) is 48.9 Å². The van der Waals surface area contributed by atoms with Crippen molar-refractivity contribution in [2.45, 2.75) is 51.6 Å². The predicted octanol–water partition coefficient (Wildman–Crippen LogP) is 4.46. The standard InChI is InChI=1S/C20H27NO3S2/c1-2-26(22,23)21(18-8-3-4-9-18)16-17-7-5-10-19(15-17)24-13-12-20-11-6-14-25-20/h5-7,10-11,14-15,18H,2-4,8-9,12-13,16H2,1H3. The molecule has 2 aromatic rings. The first-order chi connectivity index (χ1) is 12.6. The fraction of sp³-hybridized carbons (Fsp3) is 0.500. The second-order valence-corrected chi connectivity index (χ2v) is 9.95. The summed E-state index contributed by atoms with van der Waals surface area (Å²) in [6.07, 6.45) is 5.06. The predicted molar refractivity (Wildman–Crippen MR) is 107 cm³/mol. The van der Waals surface area contributed by atoms with E-state index >= 15 is 0 Å². The van der Waals surface area contributed by atoms with Gasteiger partial charge in [0.25, 0.3) is 0 Å². The van der Waals surface area contributed by atoms with Gasteiger partial charge in [-0.3, -0.25) is 0 Å². The average Bonchev–Trinajstić information content (AvgIpc) is 3.34. The lowest BCUT2D eigenvalue weighted by Gasteiger charge is -2.27. The van der Waals surface area contributed by atoms with Gasteiger partial charge in [0.2, 0.25) is 10.0 Å². The molecule has 1 aromatic heterocycles. The minimum Gasteiger partial charge on any atom is -0.493 e. The monoisotopic (exact) mass is 393 g/mol. The molecule has 0 saturated heterocycles. The Morgan fingerprint density at radius 2 is 2.00 bits per heavy atom. The van der Waals surface area contributed by atoms with Gasteiger partial charge in [0.1, 0.15) is 5.75 Å². The molecule has 142 valence electrons. The van der Waals surface area contributed by atoms with E-state index in [9.17, 15) is 8.42 Å². The van der Waals surface area contributed by atoms with Gasteiger partial charge in [-0.1, -0.05) is 31.0 Å². The highest BCUT2D eigenvalue weighted by Crippen LogP contribution is 2.28. The maximum absolute atomic E-state index is 12.6. The number of rotatable bonds is 9. The van der Waals surface area contributed by atoms with Gasteiger partial charge >= 0.3 is 0 Å². The third kappa shape index (κ3) is 5.09. The van der Waals surface area contributed by atoms with Crippen molar-refractivity contribution in [1.29, 1.82) is 0 Å². The van der Waals surface area contributed by atoms with Crippen LogP contribution in [0.2, 0.25) is 0 Å². The van der Waals surface area contributed by atoms with Crippen LogP contribution in [-0.2, 0) is 23.0 Å². The van der Waals surface area contributed by atoms with Crippen LogP contribution in [0.1, 0.15) is 43.0 Å². The lowest BCUT2D eigenvalue weighted by molar-refractivity contribution is 0.311. The molecule has 1 aromatic carbocycles. The Morgan fingerprint density at radius 3 is 2.69 bits per heavy atom. The number of sulfonamides is 1. The average molecular weight is 394 g/mol. The van der Waals surface area contributed by atoms with Crippen molar-refractivity contribution >= 4 is 21.4 Å². The lowest BCUT2D eigenvalue weighted by Crippen LogP contribution is -2.39. The van der Waals surface area contributed by atoms with Crippen LogP contribution >= 0.6 is 11.3 Å². The van der Waals surface area contributed by atoms with Gasteiger partial charge in [-0.15, -0.1) is 11.3 Å². The van der Waals surface area contributed by atoms with Gasteiger partial charge in [-0.2, -0.15) is 4.31 Å². The molecular weight excluding hydrogens is 366 g/mol. The van der Waals surface area contributed by atoms with Crippen LogP contribution in [0, 0.1) is 0 Å². The van der Waals surface area contributed by atoms with Crippen molar-refractivity contribution in [3.8, 4) is 5.75 Å². The van der Waals surface area contributed by atoms with Crippen LogP contribution in [0.15, 0.2) is 41.8 Å². The first-order valence-electron chi connectivity index (χ1n) is 9.32. The molecule has 1 heterocycles. The normalized spacial score (nSPS) is 15.6. The summed E-state index contributed by atoms with van der Waals surface area (Å²) in [5, 5.41) is 2.07. The molecular formula is C20H27NO3S2. The number of thiophene rings is 1. The summed E-state index contributed by atoms with van der Waals surface area (Å²) in [4.78, 5) is 1.31. The zero-order valence-corrected chi connectivity index (χ0v) is 16.9. The molecule has 0 N–H and O–H groups in total. The SMILES string of the molecule is CCS(=O)(=O)N(Cc1cccc(OCCc2cccs2)c1)C1CCCC1. The third-order valence-electron chi connectivity index (χ3n) is 4.89. The highest BCUT2D eigenvalue weighted by molar-refractivity contribution is 7.89. The summed E-state index contributed by atoms with van der Waals surface area (Å²) < 4.78 is 32.7. The Balaban J connectivity index is 1.65. The van der Waals surface area contributed by atoms with E-state index in [0.717, 1.165) is 43.4 Å². The summed E-state index contributed by atoms with van der Waals surface area (Å²) in [7, 11) is -3.21. The highest BCUT2D eigenvalue weighted by Gasteiger charge is 2.30. The zero-order valence-electron chi connectivity index (χ0n) is 15.3.